The molecule has 0 aromatic heterocycles. The van der Waals surface area contributed by atoms with E-state index in [0.717, 1.165) is 44.8 Å². The summed E-state index contributed by atoms with van der Waals surface area (Å²) < 4.78 is 11.9. The maximum atomic E-state index is 10.8. The third-order valence-corrected chi connectivity index (χ3v) is 8.48. The topological polar surface area (TPSA) is 38.7 Å². The summed E-state index contributed by atoms with van der Waals surface area (Å²) in [6.45, 7) is 8.30. The van der Waals surface area contributed by atoms with Gasteiger partial charge >= 0.3 is 0 Å². The zero-order valence-corrected chi connectivity index (χ0v) is 15.5. The molecule has 0 bridgehead atoms. The minimum absolute atomic E-state index is 0.118. The van der Waals surface area contributed by atoms with Gasteiger partial charge < -0.3 is 14.6 Å². The van der Waals surface area contributed by atoms with Crippen LogP contribution in [0.1, 0.15) is 58.3 Å². The summed E-state index contributed by atoms with van der Waals surface area (Å²) in [7, 11) is 0. The van der Waals surface area contributed by atoms with Crippen molar-refractivity contribution < 1.29 is 14.6 Å². The number of allylic oxidation sites excluding steroid dienone is 2. The molecule has 6 unspecified atom stereocenters. The van der Waals surface area contributed by atoms with E-state index in [1.54, 1.807) is 5.57 Å². The van der Waals surface area contributed by atoms with Gasteiger partial charge in [0.2, 0.25) is 0 Å². The van der Waals surface area contributed by atoms with E-state index >= 15 is 0 Å². The third-order valence-electron chi connectivity index (χ3n) is 8.48. The maximum absolute atomic E-state index is 10.8. The van der Waals surface area contributed by atoms with Gasteiger partial charge in [-0.2, -0.15) is 0 Å². The molecular weight excluding hydrogens is 312 g/mol. The standard InChI is InChI=1S/C22H32O3/c1-3-21-12-14(2)20-16-8-9-22(24-10-11-25-22)13-15(16)4-5-17(20)18(21)6-7-19(21)23/h13,16-20,23H,2-12H2,1H3. The predicted octanol–water partition coefficient (Wildman–Crippen LogP) is 4.22. The van der Waals surface area contributed by atoms with Crippen molar-refractivity contribution in [1.29, 1.82) is 0 Å². The number of ether oxygens (including phenoxy) is 2. The van der Waals surface area contributed by atoms with Crippen molar-refractivity contribution in [3.05, 3.63) is 23.8 Å². The highest BCUT2D eigenvalue weighted by molar-refractivity contribution is 5.29. The number of aliphatic hydroxyl groups is 1. The van der Waals surface area contributed by atoms with Gasteiger partial charge in [0.05, 0.1) is 19.3 Å². The molecule has 3 heteroatoms. The molecule has 0 radical (unpaired) electrons. The Hall–Kier alpha value is -0.640. The van der Waals surface area contributed by atoms with Crippen molar-refractivity contribution in [2.45, 2.75) is 70.2 Å². The Morgan fingerprint density at radius 1 is 1.20 bits per heavy atom. The van der Waals surface area contributed by atoms with Crippen LogP contribution in [-0.4, -0.2) is 30.2 Å². The molecule has 0 amide bonds. The van der Waals surface area contributed by atoms with Crippen LogP contribution in [0.3, 0.4) is 0 Å². The Labute approximate surface area is 151 Å². The average Bonchev–Trinajstić information content (AvgIpc) is 3.20. The predicted molar refractivity (Wildman–Crippen MR) is 96.9 cm³/mol. The SMILES string of the molecule is C=C1CC2(CC)C(O)CCC2C2CCC3=CC4(CCC3C12)OCCO4. The van der Waals surface area contributed by atoms with Crippen LogP contribution in [0.5, 0.6) is 0 Å². The van der Waals surface area contributed by atoms with E-state index in [1.807, 2.05) is 0 Å². The summed E-state index contributed by atoms with van der Waals surface area (Å²) in [5.74, 6) is 2.26. The number of rotatable bonds is 1. The second kappa shape index (κ2) is 5.68. The van der Waals surface area contributed by atoms with Gasteiger partial charge in [-0.25, -0.2) is 0 Å². The van der Waals surface area contributed by atoms with Gasteiger partial charge in [-0.15, -0.1) is 0 Å². The molecule has 138 valence electrons. The van der Waals surface area contributed by atoms with Crippen LogP contribution >= 0.6 is 0 Å². The van der Waals surface area contributed by atoms with Gasteiger partial charge in [0.15, 0.2) is 5.79 Å². The van der Waals surface area contributed by atoms with Crippen molar-refractivity contribution in [3.63, 3.8) is 0 Å². The summed E-state index contributed by atoms with van der Waals surface area (Å²) in [6.07, 6.45) is 11.1. The highest BCUT2D eigenvalue weighted by Crippen LogP contribution is 2.64. The normalized spacial score (nSPS) is 48.0. The summed E-state index contributed by atoms with van der Waals surface area (Å²) in [6, 6.07) is 0. The summed E-state index contributed by atoms with van der Waals surface area (Å²) >= 11 is 0. The van der Waals surface area contributed by atoms with Crippen LogP contribution < -0.4 is 0 Å². The average molecular weight is 344 g/mol. The fraction of sp³-hybridized carbons (Fsp3) is 0.818. The highest BCUT2D eigenvalue weighted by Gasteiger charge is 2.59. The van der Waals surface area contributed by atoms with E-state index in [-0.39, 0.29) is 11.5 Å². The van der Waals surface area contributed by atoms with Gasteiger partial charge in [-0.1, -0.05) is 24.6 Å². The largest absolute Gasteiger partial charge is 0.393 e. The molecule has 1 saturated heterocycles. The van der Waals surface area contributed by atoms with E-state index in [1.165, 1.54) is 31.3 Å². The Balaban J connectivity index is 1.47. The zero-order valence-electron chi connectivity index (χ0n) is 15.5. The number of aliphatic hydroxyl groups excluding tert-OH is 1. The van der Waals surface area contributed by atoms with Crippen LogP contribution in [0.4, 0.5) is 0 Å². The summed E-state index contributed by atoms with van der Waals surface area (Å²) in [5, 5.41) is 10.8. The first-order chi connectivity index (χ1) is 12.1. The van der Waals surface area contributed by atoms with Crippen molar-refractivity contribution in [2.24, 2.45) is 29.1 Å². The maximum Gasteiger partial charge on any atom is 0.188 e. The molecule has 1 N–H and O–H groups in total. The monoisotopic (exact) mass is 344 g/mol. The van der Waals surface area contributed by atoms with E-state index in [0.29, 0.717) is 17.8 Å². The second-order valence-corrected chi connectivity index (χ2v) is 9.22. The Bertz CT molecular complexity index is 602. The van der Waals surface area contributed by atoms with Crippen molar-refractivity contribution in [1.82, 2.24) is 0 Å². The van der Waals surface area contributed by atoms with Crippen molar-refractivity contribution >= 4 is 0 Å². The molecule has 0 aromatic rings. The molecule has 0 aromatic carbocycles. The lowest BCUT2D eigenvalue weighted by atomic mass is 9.49. The quantitative estimate of drug-likeness (QED) is 0.724. The molecule has 3 nitrogen and oxygen atoms in total. The van der Waals surface area contributed by atoms with Gasteiger partial charge in [-0.05, 0) is 74.7 Å². The van der Waals surface area contributed by atoms with E-state index in [2.05, 4.69) is 19.6 Å². The molecule has 1 aliphatic heterocycles. The van der Waals surface area contributed by atoms with E-state index < -0.39 is 5.79 Å². The Kier molecular flexibility index (Phi) is 3.75. The van der Waals surface area contributed by atoms with Gasteiger partial charge in [0.25, 0.3) is 0 Å². The minimum atomic E-state index is -0.411. The van der Waals surface area contributed by atoms with E-state index in [4.69, 9.17) is 9.47 Å². The minimum Gasteiger partial charge on any atom is -0.393 e. The van der Waals surface area contributed by atoms with Gasteiger partial charge in [0, 0.05) is 11.8 Å². The Morgan fingerprint density at radius 3 is 2.76 bits per heavy atom. The van der Waals surface area contributed by atoms with Crippen LogP contribution in [0.15, 0.2) is 23.8 Å². The van der Waals surface area contributed by atoms with Crippen molar-refractivity contribution in [3.8, 4) is 0 Å². The van der Waals surface area contributed by atoms with Gasteiger partial charge in [0.1, 0.15) is 0 Å². The van der Waals surface area contributed by atoms with Crippen LogP contribution in [0.25, 0.3) is 0 Å². The van der Waals surface area contributed by atoms with Crippen molar-refractivity contribution in [2.75, 3.05) is 13.2 Å². The molecule has 1 heterocycles. The molecule has 4 aliphatic carbocycles. The lowest BCUT2D eigenvalue weighted by Gasteiger charge is -2.56. The van der Waals surface area contributed by atoms with Crippen LogP contribution in [-0.2, 0) is 9.47 Å². The lowest BCUT2D eigenvalue weighted by Crippen LogP contribution is -2.50. The number of fused-ring (bicyclic) bond motifs is 5. The molecule has 5 rings (SSSR count). The van der Waals surface area contributed by atoms with E-state index in [9.17, 15) is 5.11 Å². The Morgan fingerprint density at radius 2 is 2.00 bits per heavy atom. The van der Waals surface area contributed by atoms with Gasteiger partial charge in [-0.3, -0.25) is 0 Å². The lowest BCUT2D eigenvalue weighted by molar-refractivity contribution is -0.133. The number of hydrogen-bond acceptors (Lipinski definition) is 3. The fourth-order valence-corrected chi connectivity index (χ4v) is 7.43. The fourth-order valence-electron chi connectivity index (χ4n) is 7.43. The van der Waals surface area contributed by atoms with Crippen LogP contribution in [0, 0.1) is 29.1 Å². The molecule has 25 heavy (non-hydrogen) atoms. The summed E-state index contributed by atoms with van der Waals surface area (Å²) in [5.41, 5.74) is 3.11. The first-order valence-corrected chi connectivity index (χ1v) is 10.4. The molecule has 4 fully saturated rings. The highest BCUT2D eigenvalue weighted by atomic mass is 16.7. The first-order valence-electron chi connectivity index (χ1n) is 10.4. The first kappa shape index (κ1) is 16.5. The summed E-state index contributed by atoms with van der Waals surface area (Å²) in [4.78, 5) is 0. The van der Waals surface area contributed by atoms with Crippen LogP contribution in [0.2, 0.25) is 0 Å². The molecule has 6 atom stereocenters. The second-order valence-electron chi connectivity index (χ2n) is 9.22. The zero-order chi connectivity index (χ0) is 17.2. The third kappa shape index (κ3) is 2.22. The number of hydrogen-bond donors (Lipinski definition) is 1. The smallest absolute Gasteiger partial charge is 0.188 e. The molecule has 1 spiro atoms. The molecule has 5 aliphatic rings. The molecule has 3 saturated carbocycles. The molecular formula is C22H32O3.